The number of benzene rings is 1. The van der Waals surface area contributed by atoms with Crippen LogP contribution < -0.4 is 16.6 Å². The molecule has 0 bridgehead atoms. The van der Waals surface area contributed by atoms with Crippen molar-refractivity contribution in [2.75, 3.05) is 17.4 Å². The molecule has 0 saturated heterocycles. The van der Waals surface area contributed by atoms with Gasteiger partial charge in [0, 0.05) is 17.4 Å². The molecule has 118 valence electrons. The van der Waals surface area contributed by atoms with Crippen LogP contribution in [0.5, 0.6) is 0 Å². The number of carbonyl (C=O) groups excluding carboxylic acids is 1. The third kappa shape index (κ3) is 4.82. The van der Waals surface area contributed by atoms with Crippen LogP contribution in [0.4, 0.5) is 18.9 Å². The molecule has 0 aliphatic rings. The third-order valence-electron chi connectivity index (χ3n) is 2.94. The van der Waals surface area contributed by atoms with Gasteiger partial charge in [-0.25, -0.2) is 0 Å². The van der Waals surface area contributed by atoms with Gasteiger partial charge in [-0.2, -0.15) is 24.9 Å². The van der Waals surface area contributed by atoms with Crippen molar-refractivity contribution in [3.63, 3.8) is 0 Å². The van der Waals surface area contributed by atoms with Crippen LogP contribution >= 0.6 is 11.8 Å². The Hall–Kier alpha value is -1.41. The number of alkyl halides is 3. The maximum atomic E-state index is 12.9. The van der Waals surface area contributed by atoms with Gasteiger partial charge in [-0.15, -0.1) is 0 Å². The molecule has 1 atom stereocenters. The molecule has 0 fully saturated rings. The highest BCUT2D eigenvalue weighted by molar-refractivity contribution is 7.98. The van der Waals surface area contributed by atoms with E-state index in [2.05, 4.69) is 5.32 Å². The van der Waals surface area contributed by atoms with Crippen molar-refractivity contribution in [3.05, 3.63) is 29.3 Å². The fourth-order valence-corrected chi connectivity index (χ4v) is 2.50. The second-order valence-corrected chi connectivity index (χ2v) is 5.35. The monoisotopic (exact) mass is 321 g/mol. The van der Waals surface area contributed by atoms with Gasteiger partial charge in [-0.1, -0.05) is 6.92 Å². The fraction of sp³-hybridized carbons (Fsp3) is 0.462. The van der Waals surface area contributed by atoms with Gasteiger partial charge >= 0.3 is 6.18 Å². The maximum Gasteiger partial charge on any atom is 0.418 e. The highest BCUT2D eigenvalue weighted by Gasteiger charge is 2.34. The van der Waals surface area contributed by atoms with E-state index in [9.17, 15) is 18.0 Å². The summed E-state index contributed by atoms with van der Waals surface area (Å²) in [6.45, 7) is 1.91. The quantitative estimate of drug-likeness (QED) is 0.557. The van der Waals surface area contributed by atoms with E-state index < -0.39 is 17.6 Å². The molecule has 1 rings (SSSR count). The van der Waals surface area contributed by atoms with Crippen molar-refractivity contribution >= 4 is 23.4 Å². The molecule has 4 N–H and O–H groups in total. The molecule has 0 radical (unpaired) electrons. The van der Waals surface area contributed by atoms with Crippen molar-refractivity contribution < 1.29 is 18.0 Å². The maximum absolute atomic E-state index is 12.9. The molecule has 1 unspecified atom stereocenters. The lowest BCUT2D eigenvalue weighted by Gasteiger charge is -2.17. The Morgan fingerprint density at radius 2 is 2.10 bits per heavy atom. The van der Waals surface area contributed by atoms with Crippen LogP contribution in [-0.4, -0.2) is 24.0 Å². The average Bonchev–Trinajstić information content (AvgIpc) is 2.44. The van der Waals surface area contributed by atoms with E-state index in [0.29, 0.717) is 12.2 Å². The topological polar surface area (TPSA) is 67.2 Å². The first kappa shape index (κ1) is 17.6. The zero-order valence-electron chi connectivity index (χ0n) is 11.8. The smallest absolute Gasteiger partial charge is 0.348 e. The summed E-state index contributed by atoms with van der Waals surface area (Å²) in [5.41, 5.74) is 0.714. The van der Waals surface area contributed by atoms with Gasteiger partial charge in [0.25, 0.3) is 5.91 Å². The SMILES string of the molecule is CCC(CSC)NC(=O)c1ccc(NN)c(C(F)(F)F)c1. The predicted octanol–water partition coefficient (Wildman–Crippen LogP) is 2.86. The van der Waals surface area contributed by atoms with E-state index in [4.69, 9.17) is 5.84 Å². The molecular weight excluding hydrogens is 303 g/mol. The van der Waals surface area contributed by atoms with E-state index >= 15 is 0 Å². The van der Waals surface area contributed by atoms with Gasteiger partial charge in [-0.3, -0.25) is 10.6 Å². The van der Waals surface area contributed by atoms with Gasteiger partial charge in [0.1, 0.15) is 0 Å². The summed E-state index contributed by atoms with van der Waals surface area (Å²) in [6.07, 6.45) is -1.97. The molecule has 0 aliphatic carbocycles. The summed E-state index contributed by atoms with van der Waals surface area (Å²) >= 11 is 1.56. The first-order valence-corrected chi connectivity index (χ1v) is 7.70. The summed E-state index contributed by atoms with van der Waals surface area (Å²) in [5, 5.41) is 2.72. The molecular formula is C13H18F3N3OS. The van der Waals surface area contributed by atoms with Crippen LogP contribution in [-0.2, 0) is 6.18 Å². The molecule has 1 aromatic rings. The number of hydrazine groups is 1. The van der Waals surface area contributed by atoms with Crippen LogP contribution in [0, 0.1) is 0 Å². The minimum atomic E-state index is -4.58. The van der Waals surface area contributed by atoms with E-state index in [0.717, 1.165) is 12.1 Å². The van der Waals surface area contributed by atoms with Crippen molar-refractivity contribution in [3.8, 4) is 0 Å². The van der Waals surface area contributed by atoms with Crippen molar-refractivity contribution in [2.24, 2.45) is 5.84 Å². The zero-order chi connectivity index (χ0) is 16.0. The number of nitrogens with one attached hydrogen (secondary N) is 2. The third-order valence-corrected chi connectivity index (χ3v) is 3.67. The van der Waals surface area contributed by atoms with Crippen LogP contribution in [0.15, 0.2) is 18.2 Å². The Bertz CT molecular complexity index is 494. The molecule has 0 aliphatic heterocycles. The number of thioether (sulfide) groups is 1. The summed E-state index contributed by atoms with van der Waals surface area (Å²) in [6, 6.07) is 3.18. The summed E-state index contributed by atoms with van der Waals surface area (Å²) in [7, 11) is 0. The number of halogens is 3. The van der Waals surface area contributed by atoms with Crippen LogP contribution in [0.1, 0.15) is 29.3 Å². The van der Waals surface area contributed by atoms with Crippen molar-refractivity contribution in [2.45, 2.75) is 25.6 Å². The first-order chi connectivity index (χ1) is 9.83. The molecule has 1 amide bonds. The minimum Gasteiger partial charge on any atom is -0.348 e. The lowest BCUT2D eigenvalue weighted by atomic mass is 10.1. The zero-order valence-corrected chi connectivity index (χ0v) is 12.6. The Kier molecular flexibility index (Phi) is 6.35. The molecule has 1 aromatic carbocycles. The van der Waals surface area contributed by atoms with E-state index in [-0.39, 0.29) is 17.3 Å². The molecule has 4 nitrogen and oxygen atoms in total. The number of rotatable bonds is 6. The summed E-state index contributed by atoms with van der Waals surface area (Å²) in [4.78, 5) is 12.0. The van der Waals surface area contributed by atoms with Crippen LogP contribution in [0.2, 0.25) is 0 Å². The highest BCUT2D eigenvalue weighted by Crippen LogP contribution is 2.35. The van der Waals surface area contributed by atoms with Crippen LogP contribution in [0.25, 0.3) is 0 Å². The van der Waals surface area contributed by atoms with Gasteiger partial charge in [0.05, 0.1) is 11.3 Å². The Balaban J connectivity index is 3.01. The van der Waals surface area contributed by atoms with E-state index in [1.807, 2.05) is 18.6 Å². The van der Waals surface area contributed by atoms with Crippen molar-refractivity contribution in [1.29, 1.82) is 0 Å². The van der Waals surface area contributed by atoms with Crippen molar-refractivity contribution in [1.82, 2.24) is 5.32 Å². The molecule has 8 heteroatoms. The lowest BCUT2D eigenvalue weighted by molar-refractivity contribution is -0.137. The Labute approximate surface area is 125 Å². The second kappa shape index (κ2) is 7.56. The lowest BCUT2D eigenvalue weighted by Crippen LogP contribution is -2.36. The van der Waals surface area contributed by atoms with E-state index in [1.54, 1.807) is 11.8 Å². The molecule has 0 heterocycles. The molecule has 0 spiro atoms. The molecule has 0 saturated carbocycles. The number of amides is 1. The average molecular weight is 321 g/mol. The van der Waals surface area contributed by atoms with Gasteiger partial charge in [-0.05, 0) is 30.9 Å². The number of nitrogen functional groups attached to an aromatic ring is 1. The number of carbonyl (C=O) groups is 1. The van der Waals surface area contributed by atoms with Gasteiger partial charge < -0.3 is 10.7 Å². The first-order valence-electron chi connectivity index (χ1n) is 6.31. The number of nitrogens with two attached hydrogens (primary N) is 1. The number of anilines is 1. The standard InChI is InChI=1S/C13H18F3N3OS/c1-3-9(7-21-2)18-12(20)8-4-5-11(19-17)10(6-8)13(14,15)16/h4-6,9,19H,3,7,17H2,1-2H3,(H,18,20). The Morgan fingerprint density at radius 3 is 2.57 bits per heavy atom. The largest absolute Gasteiger partial charge is 0.418 e. The normalized spacial score (nSPS) is 12.9. The van der Waals surface area contributed by atoms with Gasteiger partial charge in [0.15, 0.2) is 0 Å². The predicted molar refractivity (Wildman–Crippen MR) is 79.2 cm³/mol. The fourth-order valence-electron chi connectivity index (χ4n) is 1.78. The number of hydrogen-bond donors (Lipinski definition) is 3. The second-order valence-electron chi connectivity index (χ2n) is 4.44. The Morgan fingerprint density at radius 1 is 1.43 bits per heavy atom. The van der Waals surface area contributed by atoms with Crippen LogP contribution in [0.3, 0.4) is 0 Å². The van der Waals surface area contributed by atoms with Gasteiger partial charge in [0.2, 0.25) is 0 Å². The molecule has 0 aromatic heterocycles. The molecule has 21 heavy (non-hydrogen) atoms. The summed E-state index contributed by atoms with van der Waals surface area (Å²) in [5.74, 6) is 5.24. The number of hydrogen-bond acceptors (Lipinski definition) is 4. The summed E-state index contributed by atoms with van der Waals surface area (Å²) < 4.78 is 38.7. The highest BCUT2D eigenvalue weighted by atomic mass is 32.2. The minimum absolute atomic E-state index is 0.0409. The van der Waals surface area contributed by atoms with E-state index in [1.165, 1.54) is 6.07 Å².